The largest absolute Gasteiger partial charge is 1.00 e. The van der Waals surface area contributed by atoms with E-state index in [2.05, 4.69) is 36.4 Å². The number of methoxy groups -OCH3 is 1. The highest BCUT2D eigenvalue weighted by atomic mass is 79.9. The zero-order valence-electron chi connectivity index (χ0n) is 18.5. The first-order valence-electron chi connectivity index (χ1n) is 10.5. The molecule has 3 nitrogen and oxygen atoms in total. The number of ketones is 1. The van der Waals surface area contributed by atoms with Crippen LogP contribution in [0.2, 0.25) is 5.02 Å². The Labute approximate surface area is 215 Å². The van der Waals surface area contributed by atoms with E-state index >= 15 is 0 Å². The number of benzene rings is 4. The van der Waals surface area contributed by atoms with Crippen LogP contribution in [0.4, 0.5) is 0 Å². The van der Waals surface area contributed by atoms with Gasteiger partial charge in [-0.25, -0.2) is 4.79 Å². The maximum atomic E-state index is 13.8. The molecule has 6 heteroatoms. The lowest BCUT2D eigenvalue weighted by molar-refractivity contribution is -0.0000283. The molecule has 0 aromatic heterocycles. The molecule has 4 aromatic rings. The summed E-state index contributed by atoms with van der Waals surface area (Å²) < 4.78 is 4.77. The van der Waals surface area contributed by atoms with E-state index in [9.17, 15) is 9.59 Å². The molecule has 0 N–H and O–H groups in total. The Morgan fingerprint density at radius 3 is 1.56 bits per heavy atom. The molecule has 0 aliphatic heterocycles. The number of carbonyl (C=O) groups excluding carboxylic acids is 2. The van der Waals surface area contributed by atoms with Gasteiger partial charge in [-0.1, -0.05) is 66.2 Å². The molecule has 0 amide bonds. The van der Waals surface area contributed by atoms with Gasteiger partial charge in [0.1, 0.15) is 29.3 Å². The lowest BCUT2D eigenvalue weighted by Gasteiger charge is -2.27. The van der Waals surface area contributed by atoms with Gasteiger partial charge >= 0.3 is 5.97 Å². The standard InChI is InChI=1S/C28H23ClO3P.BrH/c1-32-28(31)21-17-18-25(26(29)19-21)27(30)20-33(22-11-5-2-6-12-22,23-13-7-3-8-14-23)24-15-9-4-10-16-24;/h2-19H,20H2,1H3;1H/q+1;/p-1. The van der Waals surface area contributed by atoms with Crippen LogP contribution in [0.15, 0.2) is 109 Å². The van der Waals surface area contributed by atoms with Crippen LogP contribution in [0.25, 0.3) is 0 Å². The fourth-order valence-corrected chi connectivity index (χ4v) is 8.43. The highest BCUT2D eigenvalue weighted by Gasteiger charge is 2.47. The van der Waals surface area contributed by atoms with Crippen molar-refractivity contribution in [2.75, 3.05) is 13.3 Å². The minimum atomic E-state index is -2.33. The van der Waals surface area contributed by atoms with Gasteiger partial charge in [0.05, 0.1) is 17.7 Å². The number of halogens is 2. The van der Waals surface area contributed by atoms with Crippen molar-refractivity contribution < 1.29 is 31.3 Å². The molecule has 0 heterocycles. The first-order valence-corrected chi connectivity index (χ1v) is 12.9. The Hall–Kier alpha value is -2.78. The van der Waals surface area contributed by atoms with Crippen molar-refractivity contribution in [3.05, 3.63) is 125 Å². The second-order valence-corrected chi connectivity index (χ2v) is 11.5. The summed E-state index contributed by atoms with van der Waals surface area (Å²) >= 11 is 6.48. The summed E-state index contributed by atoms with van der Waals surface area (Å²) in [5.74, 6) is -0.558. The third-order valence-electron chi connectivity index (χ3n) is 5.66. The molecule has 0 radical (unpaired) electrons. The van der Waals surface area contributed by atoms with Crippen LogP contribution in [-0.4, -0.2) is 25.0 Å². The van der Waals surface area contributed by atoms with Gasteiger partial charge in [-0.3, -0.25) is 4.79 Å². The number of hydrogen-bond acceptors (Lipinski definition) is 3. The quantitative estimate of drug-likeness (QED) is 0.201. The first kappa shape index (κ1) is 25.8. The van der Waals surface area contributed by atoms with Crippen molar-refractivity contribution in [1.82, 2.24) is 0 Å². The van der Waals surface area contributed by atoms with Crippen molar-refractivity contribution in [3.63, 3.8) is 0 Å². The van der Waals surface area contributed by atoms with Crippen LogP contribution >= 0.6 is 18.9 Å². The molecular weight excluding hydrogens is 531 g/mol. The average Bonchev–Trinajstić information content (AvgIpc) is 2.88. The molecule has 0 atom stereocenters. The van der Waals surface area contributed by atoms with Crippen LogP contribution < -0.4 is 32.9 Å². The minimum absolute atomic E-state index is 0. The first-order chi connectivity index (χ1) is 16.1. The third kappa shape index (κ3) is 5.15. The van der Waals surface area contributed by atoms with Crippen molar-refractivity contribution in [1.29, 1.82) is 0 Å². The van der Waals surface area contributed by atoms with Crippen LogP contribution in [-0.2, 0) is 4.74 Å². The fraction of sp³-hybridized carbons (Fsp3) is 0.0714. The molecule has 34 heavy (non-hydrogen) atoms. The van der Waals surface area contributed by atoms with Gasteiger partial charge in [0.2, 0.25) is 5.78 Å². The predicted molar refractivity (Wildman–Crippen MR) is 137 cm³/mol. The second-order valence-electron chi connectivity index (χ2n) is 7.58. The summed E-state index contributed by atoms with van der Waals surface area (Å²) in [7, 11) is -1.02. The molecule has 0 unspecified atom stereocenters. The Kier molecular flexibility index (Phi) is 8.79. The minimum Gasteiger partial charge on any atom is -1.00 e. The maximum Gasteiger partial charge on any atom is 0.337 e. The molecule has 4 rings (SSSR count). The second kappa shape index (κ2) is 11.6. The highest BCUT2D eigenvalue weighted by Crippen LogP contribution is 2.55. The average molecular weight is 554 g/mol. The number of esters is 1. The summed E-state index contributed by atoms with van der Waals surface area (Å²) in [6, 6.07) is 35.3. The zero-order chi connectivity index (χ0) is 23.3. The zero-order valence-corrected chi connectivity index (χ0v) is 21.8. The van der Waals surface area contributed by atoms with E-state index < -0.39 is 13.2 Å². The van der Waals surface area contributed by atoms with Gasteiger partial charge in [0.15, 0.2) is 0 Å². The fourth-order valence-electron chi connectivity index (χ4n) is 4.06. The molecule has 0 aliphatic rings. The van der Waals surface area contributed by atoms with E-state index in [1.54, 1.807) is 12.1 Å². The molecule has 172 valence electrons. The Bertz CT molecular complexity index is 1170. The van der Waals surface area contributed by atoms with E-state index in [0.29, 0.717) is 11.1 Å². The summed E-state index contributed by atoms with van der Waals surface area (Å²) in [6.07, 6.45) is 0.280. The summed E-state index contributed by atoms with van der Waals surface area (Å²) in [5.41, 5.74) is 0.714. The number of rotatable bonds is 7. The van der Waals surface area contributed by atoms with Crippen molar-refractivity contribution >= 4 is 46.5 Å². The molecule has 0 aliphatic carbocycles. The van der Waals surface area contributed by atoms with Crippen LogP contribution in [0, 0.1) is 0 Å². The molecular formula is C28H23BrClO3P. The van der Waals surface area contributed by atoms with E-state index in [-0.39, 0.29) is 33.9 Å². The number of hydrogen-bond donors (Lipinski definition) is 0. The van der Waals surface area contributed by atoms with Gasteiger partial charge in [-0.2, -0.15) is 0 Å². The number of Topliss-reactive ketones (excluding diaryl/α,β-unsaturated/α-hetero) is 1. The SMILES string of the molecule is COC(=O)c1ccc(C(=O)C[P+](c2ccccc2)(c2ccccc2)c2ccccc2)c(Cl)c1.[Br-]. The van der Waals surface area contributed by atoms with Crippen molar-refractivity contribution in [3.8, 4) is 0 Å². The van der Waals surface area contributed by atoms with Crippen LogP contribution in [0.5, 0.6) is 0 Å². The van der Waals surface area contributed by atoms with Gasteiger partial charge in [0, 0.05) is 5.56 Å². The van der Waals surface area contributed by atoms with E-state index in [4.69, 9.17) is 16.3 Å². The molecule has 0 saturated heterocycles. The summed E-state index contributed by atoms with van der Waals surface area (Å²) in [6.45, 7) is 0. The van der Waals surface area contributed by atoms with Crippen LogP contribution in [0.1, 0.15) is 20.7 Å². The van der Waals surface area contributed by atoms with Gasteiger partial charge < -0.3 is 21.7 Å². The van der Waals surface area contributed by atoms with E-state index in [1.165, 1.54) is 13.2 Å². The maximum absolute atomic E-state index is 13.8. The smallest absolute Gasteiger partial charge is 0.337 e. The lowest BCUT2D eigenvalue weighted by atomic mass is 10.1. The van der Waals surface area contributed by atoms with Gasteiger partial charge in [-0.15, -0.1) is 0 Å². The third-order valence-corrected chi connectivity index (χ3v) is 10.3. The van der Waals surface area contributed by atoms with Gasteiger partial charge in [0.25, 0.3) is 0 Å². The molecule has 0 spiro atoms. The summed E-state index contributed by atoms with van der Waals surface area (Å²) in [5, 5.41) is 3.62. The van der Waals surface area contributed by atoms with E-state index in [0.717, 1.165) is 15.9 Å². The molecule has 4 aromatic carbocycles. The topological polar surface area (TPSA) is 43.4 Å². The predicted octanol–water partition coefficient (Wildman–Crippen LogP) is 2.31. The number of ether oxygens (including phenoxy) is 1. The Morgan fingerprint density at radius 2 is 1.18 bits per heavy atom. The Morgan fingerprint density at radius 1 is 0.735 bits per heavy atom. The monoisotopic (exact) mass is 552 g/mol. The van der Waals surface area contributed by atoms with Crippen molar-refractivity contribution in [2.45, 2.75) is 0 Å². The molecule has 0 bridgehead atoms. The number of carbonyl (C=O) groups is 2. The normalized spacial score (nSPS) is 10.8. The molecule has 0 fully saturated rings. The lowest BCUT2D eigenvalue weighted by Crippen LogP contribution is -3.00. The van der Waals surface area contributed by atoms with Gasteiger partial charge in [-0.05, 0) is 54.6 Å². The Balaban J connectivity index is 0.00000324. The summed E-state index contributed by atoms with van der Waals surface area (Å²) in [4.78, 5) is 25.6. The van der Waals surface area contributed by atoms with Crippen molar-refractivity contribution in [2.24, 2.45) is 0 Å². The van der Waals surface area contributed by atoms with E-state index in [1.807, 2.05) is 54.6 Å². The molecule has 0 saturated carbocycles. The highest BCUT2D eigenvalue weighted by molar-refractivity contribution is 7.96. The van der Waals surface area contributed by atoms with Crippen LogP contribution in [0.3, 0.4) is 0 Å².